The number of hydrogen-bond acceptors (Lipinski definition) is 5. The molecule has 146 valence electrons. The molecule has 7 heteroatoms. The van der Waals surface area contributed by atoms with Gasteiger partial charge in [-0.3, -0.25) is 9.36 Å². The fraction of sp³-hybridized carbons (Fsp3) is 0.350. The minimum atomic E-state index is -4.21. The molecule has 2 rings (SSSR count). The smallest absolute Gasteiger partial charge is 0.268 e. The number of carbonyl (C=O) groups excluding carboxylic acids is 1. The van der Waals surface area contributed by atoms with Gasteiger partial charge in [0.2, 0.25) is 0 Å². The number of likely N-dealkylation sites (N-methyl/N-ethyl adjacent to an activating group) is 1. The van der Waals surface area contributed by atoms with Crippen molar-refractivity contribution in [2.24, 2.45) is 0 Å². The molecule has 0 aromatic heterocycles. The fourth-order valence-electron chi connectivity index (χ4n) is 2.69. The Morgan fingerprint density at radius 2 is 1.59 bits per heavy atom. The van der Waals surface area contributed by atoms with E-state index in [1.54, 1.807) is 19.1 Å². The normalized spacial score (nSPS) is 13.9. The van der Waals surface area contributed by atoms with Crippen LogP contribution in [-0.4, -0.2) is 44.1 Å². The van der Waals surface area contributed by atoms with Crippen molar-refractivity contribution in [3.63, 3.8) is 0 Å². The Morgan fingerprint density at radius 3 is 2.19 bits per heavy atom. The average Bonchev–Trinajstić information content (AvgIpc) is 2.61. The van der Waals surface area contributed by atoms with Gasteiger partial charge in [0.05, 0.1) is 20.7 Å². The molecule has 1 atom stereocenters. The second-order valence-corrected chi connectivity index (χ2v) is 8.32. The summed E-state index contributed by atoms with van der Waals surface area (Å²) in [7, 11) is -0.228. The maximum atomic E-state index is 12.4. The summed E-state index contributed by atoms with van der Waals surface area (Å²) in [6.07, 6.45) is 0. The van der Waals surface area contributed by atoms with E-state index in [4.69, 9.17) is 4.52 Å². The van der Waals surface area contributed by atoms with Crippen molar-refractivity contribution in [2.75, 3.05) is 33.9 Å². The van der Waals surface area contributed by atoms with E-state index in [0.717, 1.165) is 5.56 Å². The summed E-state index contributed by atoms with van der Waals surface area (Å²) in [5.74, 6) is -0.00794. The predicted octanol–water partition coefficient (Wildman–Crippen LogP) is 3.02. The van der Waals surface area contributed by atoms with Crippen LogP contribution in [0.2, 0.25) is 0 Å². The average molecular weight is 391 g/mol. The lowest BCUT2D eigenvalue weighted by Gasteiger charge is -2.31. The van der Waals surface area contributed by atoms with E-state index in [9.17, 15) is 14.3 Å². The highest BCUT2D eigenvalue weighted by atomic mass is 31.2. The molecule has 0 spiro atoms. The van der Waals surface area contributed by atoms with Gasteiger partial charge < -0.3 is 18.4 Å². The van der Waals surface area contributed by atoms with Crippen molar-refractivity contribution < 1.29 is 27.8 Å². The Balaban J connectivity index is 1.93. The van der Waals surface area contributed by atoms with Gasteiger partial charge in [0.1, 0.15) is 19.7 Å². The predicted molar refractivity (Wildman–Crippen MR) is 102 cm³/mol. The van der Waals surface area contributed by atoms with Crippen LogP contribution in [0, 0.1) is 0 Å². The van der Waals surface area contributed by atoms with Gasteiger partial charge in [-0.15, -0.1) is 0 Å². The first-order valence-electron chi connectivity index (χ1n) is 8.83. The van der Waals surface area contributed by atoms with Gasteiger partial charge in [0.15, 0.2) is 5.78 Å². The zero-order valence-corrected chi connectivity index (χ0v) is 16.9. The SMILES string of the molecule is CCOP(=O)([O-])OCC[N+](C)(C)Cc1ccc(C(=O)c2ccccc2)cc1. The van der Waals surface area contributed by atoms with E-state index in [-0.39, 0.29) is 19.0 Å². The minimum Gasteiger partial charge on any atom is -0.756 e. The molecule has 27 heavy (non-hydrogen) atoms. The summed E-state index contributed by atoms with van der Waals surface area (Å²) in [4.78, 5) is 23.9. The molecule has 0 aliphatic rings. The third-order valence-electron chi connectivity index (χ3n) is 4.10. The molecule has 0 heterocycles. The van der Waals surface area contributed by atoms with Crippen molar-refractivity contribution >= 4 is 13.6 Å². The van der Waals surface area contributed by atoms with E-state index < -0.39 is 7.82 Å². The van der Waals surface area contributed by atoms with Gasteiger partial charge in [0, 0.05) is 16.7 Å². The lowest BCUT2D eigenvalue weighted by atomic mass is 10.0. The van der Waals surface area contributed by atoms with Crippen LogP contribution in [-0.2, 0) is 20.2 Å². The number of phosphoric ester groups is 1. The van der Waals surface area contributed by atoms with Crippen LogP contribution >= 0.6 is 7.82 Å². The van der Waals surface area contributed by atoms with Gasteiger partial charge in [-0.05, 0) is 6.92 Å². The summed E-state index contributed by atoms with van der Waals surface area (Å²) in [6.45, 7) is 2.90. The monoisotopic (exact) mass is 391 g/mol. The molecule has 0 radical (unpaired) electrons. The number of phosphoric acid groups is 1. The molecule has 0 N–H and O–H groups in total. The summed E-state index contributed by atoms with van der Waals surface area (Å²) in [5, 5.41) is 0. The summed E-state index contributed by atoms with van der Waals surface area (Å²) in [5.41, 5.74) is 2.36. The maximum absolute atomic E-state index is 12.4. The van der Waals surface area contributed by atoms with Crippen LogP contribution in [0.4, 0.5) is 0 Å². The van der Waals surface area contributed by atoms with Gasteiger partial charge in [0.25, 0.3) is 7.82 Å². The quantitative estimate of drug-likeness (QED) is 0.354. The van der Waals surface area contributed by atoms with Crippen molar-refractivity contribution in [1.82, 2.24) is 0 Å². The van der Waals surface area contributed by atoms with Gasteiger partial charge in [-0.25, -0.2) is 0 Å². The van der Waals surface area contributed by atoms with Gasteiger partial charge in [-0.1, -0.05) is 54.6 Å². The van der Waals surface area contributed by atoms with Gasteiger partial charge >= 0.3 is 0 Å². The molecule has 0 aliphatic carbocycles. The zero-order chi connectivity index (χ0) is 19.9. The molecule has 2 aromatic carbocycles. The standard InChI is InChI=1S/C20H26NO5P/c1-4-25-27(23,24)26-15-14-21(2,3)16-17-10-12-19(13-11-17)20(22)18-8-6-5-7-9-18/h5-13H,4,14-16H2,1-3H3. The fourth-order valence-corrected chi connectivity index (χ4v) is 3.38. The molecule has 0 aliphatic heterocycles. The lowest BCUT2D eigenvalue weighted by Crippen LogP contribution is -2.41. The van der Waals surface area contributed by atoms with Crippen LogP contribution in [0.3, 0.4) is 0 Å². The highest BCUT2D eigenvalue weighted by Crippen LogP contribution is 2.37. The van der Waals surface area contributed by atoms with E-state index in [1.165, 1.54) is 0 Å². The molecule has 0 saturated carbocycles. The Kier molecular flexibility index (Phi) is 7.48. The largest absolute Gasteiger partial charge is 0.756 e. The Morgan fingerprint density at radius 1 is 1.00 bits per heavy atom. The van der Waals surface area contributed by atoms with E-state index >= 15 is 0 Å². The minimum absolute atomic E-state index is 0.00794. The molecule has 0 saturated heterocycles. The molecule has 1 unspecified atom stereocenters. The van der Waals surface area contributed by atoms with E-state index in [2.05, 4.69) is 4.52 Å². The Labute approximate surface area is 160 Å². The third-order valence-corrected chi connectivity index (χ3v) is 5.17. The topological polar surface area (TPSA) is 75.7 Å². The van der Waals surface area contributed by atoms with Crippen LogP contribution in [0.25, 0.3) is 0 Å². The molecule has 6 nitrogen and oxygen atoms in total. The second-order valence-electron chi connectivity index (χ2n) is 6.91. The van der Waals surface area contributed by atoms with Crippen LogP contribution in [0.15, 0.2) is 54.6 Å². The number of quaternary nitrogens is 1. The number of rotatable bonds is 10. The van der Waals surface area contributed by atoms with E-state index in [0.29, 0.717) is 28.7 Å². The molecule has 2 aromatic rings. The molecule has 0 bridgehead atoms. The van der Waals surface area contributed by atoms with Crippen LogP contribution < -0.4 is 4.89 Å². The summed E-state index contributed by atoms with van der Waals surface area (Å²) >= 11 is 0. The molecular weight excluding hydrogens is 365 g/mol. The molecule has 0 fully saturated rings. The highest BCUT2D eigenvalue weighted by Gasteiger charge is 2.18. The number of benzene rings is 2. The first kappa shape index (κ1) is 21.5. The summed E-state index contributed by atoms with van der Waals surface area (Å²) < 4.78 is 21.4. The first-order valence-corrected chi connectivity index (χ1v) is 10.3. The second kappa shape index (κ2) is 9.40. The van der Waals surface area contributed by atoms with Gasteiger partial charge in [-0.2, -0.15) is 0 Å². The molecular formula is C20H26NO5P. The van der Waals surface area contributed by atoms with Crippen molar-refractivity contribution in [3.05, 3.63) is 71.3 Å². The lowest BCUT2D eigenvalue weighted by molar-refractivity contribution is -0.903. The molecule has 0 amide bonds. The highest BCUT2D eigenvalue weighted by molar-refractivity contribution is 7.45. The first-order chi connectivity index (χ1) is 12.7. The maximum Gasteiger partial charge on any atom is 0.268 e. The number of nitrogens with zero attached hydrogens (tertiary/aromatic N) is 1. The van der Waals surface area contributed by atoms with Crippen molar-refractivity contribution in [1.29, 1.82) is 0 Å². The van der Waals surface area contributed by atoms with Crippen molar-refractivity contribution in [2.45, 2.75) is 13.5 Å². The Bertz CT molecular complexity index is 790. The third kappa shape index (κ3) is 7.01. The number of carbonyl (C=O) groups is 1. The van der Waals surface area contributed by atoms with Crippen LogP contribution in [0.5, 0.6) is 0 Å². The zero-order valence-electron chi connectivity index (χ0n) is 16.0. The van der Waals surface area contributed by atoms with Crippen molar-refractivity contribution in [3.8, 4) is 0 Å². The van der Waals surface area contributed by atoms with E-state index in [1.807, 2.05) is 56.6 Å². The number of hydrogen-bond donors (Lipinski definition) is 0. The van der Waals surface area contributed by atoms with Crippen LogP contribution in [0.1, 0.15) is 28.4 Å². The number of ketones is 1. The Hall–Kier alpha value is -1.82. The summed E-state index contributed by atoms with van der Waals surface area (Å²) in [6, 6.07) is 16.7.